The van der Waals surface area contributed by atoms with Gasteiger partial charge in [-0.25, -0.2) is 4.39 Å². The van der Waals surface area contributed by atoms with E-state index in [1.54, 1.807) is 18.2 Å². The molecule has 2 aromatic carbocycles. The highest BCUT2D eigenvalue weighted by Gasteiger charge is 2.16. The maximum atomic E-state index is 12.9. The van der Waals surface area contributed by atoms with Gasteiger partial charge in [0, 0.05) is 35.2 Å². The Morgan fingerprint density at radius 3 is 2.40 bits per heavy atom. The molecule has 3 rings (SSSR count). The predicted molar refractivity (Wildman–Crippen MR) is 116 cm³/mol. The van der Waals surface area contributed by atoms with Crippen LogP contribution in [0.25, 0.3) is 5.69 Å². The van der Waals surface area contributed by atoms with Crippen molar-refractivity contribution in [1.82, 2.24) is 15.2 Å². The van der Waals surface area contributed by atoms with Gasteiger partial charge in [-0.1, -0.05) is 29.8 Å². The molecule has 0 aliphatic carbocycles. The molecule has 1 aromatic heterocycles. The molecule has 30 heavy (non-hydrogen) atoms. The molecule has 0 radical (unpaired) electrons. The summed E-state index contributed by atoms with van der Waals surface area (Å²) in [6.45, 7) is 4.42. The van der Waals surface area contributed by atoms with E-state index in [1.165, 1.54) is 12.1 Å². The number of nitrogens with zero attached hydrogens (tertiary/aromatic N) is 1. The number of amides is 2. The van der Waals surface area contributed by atoms with Gasteiger partial charge >= 0.3 is 0 Å². The van der Waals surface area contributed by atoms with Gasteiger partial charge in [-0.2, -0.15) is 0 Å². The maximum Gasteiger partial charge on any atom is 0.253 e. The number of hydrogen-bond donors (Lipinski definition) is 2. The fraction of sp³-hybridized carbons (Fsp3) is 0.217. The molecule has 0 saturated carbocycles. The summed E-state index contributed by atoms with van der Waals surface area (Å²) < 4.78 is 14.9. The van der Waals surface area contributed by atoms with Crippen molar-refractivity contribution in [1.29, 1.82) is 0 Å². The number of halogens is 2. The molecule has 0 fully saturated rings. The van der Waals surface area contributed by atoms with Crippen LogP contribution in [-0.4, -0.2) is 29.5 Å². The van der Waals surface area contributed by atoms with Gasteiger partial charge in [0.1, 0.15) is 5.82 Å². The van der Waals surface area contributed by atoms with Crippen molar-refractivity contribution in [2.45, 2.75) is 20.3 Å². The minimum atomic E-state index is -0.336. The maximum absolute atomic E-state index is 12.9. The molecule has 7 heteroatoms. The van der Waals surface area contributed by atoms with Gasteiger partial charge in [-0.05, 0) is 55.8 Å². The third-order valence-electron chi connectivity index (χ3n) is 4.75. The number of carbonyl (C=O) groups is 2. The second-order valence-electron chi connectivity index (χ2n) is 7.01. The standard InChI is InChI=1S/C23H23ClFN3O2/c1-15-12-21(16(2)28(15)20-5-3-4-18(24)14-20)23(30)27-11-10-26-22(29)13-17-6-8-19(25)9-7-17/h3-9,12,14H,10-11,13H2,1-2H3,(H,26,29)(H,27,30). The first kappa shape index (κ1) is 21.6. The molecule has 0 spiro atoms. The summed E-state index contributed by atoms with van der Waals surface area (Å²) in [5, 5.41) is 6.20. The summed E-state index contributed by atoms with van der Waals surface area (Å²) in [6, 6.07) is 15.1. The smallest absolute Gasteiger partial charge is 0.253 e. The number of carbonyl (C=O) groups excluding carboxylic acids is 2. The summed E-state index contributed by atoms with van der Waals surface area (Å²) in [5.74, 6) is -0.726. The Morgan fingerprint density at radius 1 is 1.00 bits per heavy atom. The van der Waals surface area contributed by atoms with Crippen molar-refractivity contribution in [3.05, 3.63) is 88.0 Å². The minimum Gasteiger partial charge on any atom is -0.354 e. The van der Waals surface area contributed by atoms with Gasteiger partial charge in [-0.15, -0.1) is 0 Å². The van der Waals surface area contributed by atoms with Crippen LogP contribution < -0.4 is 10.6 Å². The first-order valence-corrected chi connectivity index (χ1v) is 9.97. The lowest BCUT2D eigenvalue weighted by atomic mass is 10.1. The Morgan fingerprint density at radius 2 is 1.70 bits per heavy atom. The Bertz CT molecular complexity index is 1060. The highest BCUT2D eigenvalue weighted by atomic mass is 35.5. The number of aromatic nitrogens is 1. The van der Waals surface area contributed by atoms with Gasteiger partial charge < -0.3 is 15.2 Å². The molecular formula is C23H23ClFN3O2. The molecule has 0 bridgehead atoms. The van der Waals surface area contributed by atoms with E-state index >= 15 is 0 Å². The second-order valence-corrected chi connectivity index (χ2v) is 7.45. The van der Waals surface area contributed by atoms with Crippen LogP contribution in [0.15, 0.2) is 54.6 Å². The van der Waals surface area contributed by atoms with Crippen LogP contribution in [0.3, 0.4) is 0 Å². The van der Waals surface area contributed by atoms with Crippen molar-refractivity contribution in [3.63, 3.8) is 0 Å². The molecule has 1 heterocycles. The van der Waals surface area contributed by atoms with Gasteiger partial charge in [0.15, 0.2) is 0 Å². The first-order chi connectivity index (χ1) is 14.3. The zero-order chi connectivity index (χ0) is 21.7. The summed E-state index contributed by atoms with van der Waals surface area (Å²) >= 11 is 6.09. The largest absolute Gasteiger partial charge is 0.354 e. The fourth-order valence-corrected chi connectivity index (χ4v) is 3.51. The zero-order valence-corrected chi connectivity index (χ0v) is 17.6. The average Bonchev–Trinajstić information content (AvgIpc) is 3.01. The van der Waals surface area contributed by atoms with Crippen LogP contribution in [0.2, 0.25) is 5.02 Å². The van der Waals surface area contributed by atoms with Crippen LogP contribution in [-0.2, 0) is 11.2 Å². The highest BCUT2D eigenvalue weighted by Crippen LogP contribution is 2.22. The van der Waals surface area contributed by atoms with E-state index in [4.69, 9.17) is 11.6 Å². The van der Waals surface area contributed by atoms with Crippen LogP contribution in [0.1, 0.15) is 27.3 Å². The lowest BCUT2D eigenvalue weighted by molar-refractivity contribution is -0.120. The Hall–Kier alpha value is -3.12. The van der Waals surface area contributed by atoms with Crippen LogP contribution in [0.4, 0.5) is 4.39 Å². The molecule has 0 aliphatic heterocycles. The van der Waals surface area contributed by atoms with Crippen LogP contribution in [0.5, 0.6) is 0 Å². The monoisotopic (exact) mass is 427 g/mol. The van der Waals surface area contributed by atoms with E-state index in [-0.39, 0.29) is 24.1 Å². The van der Waals surface area contributed by atoms with E-state index in [0.717, 1.165) is 22.6 Å². The Kier molecular flexibility index (Phi) is 6.90. The zero-order valence-electron chi connectivity index (χ0n) is 16.8. The number of nitrogens with one attached hydrogen (secondary N) is 2. The van der Waals surface area contributed by atoms with Crippen molar-refractivity contribution in [3.8, 4) is 5.69 Å². The molecule has 2 amide bonds. The normalized spacial score (nSPS) is 10.7. The Balaban J connectivity index is 1.53. The molecule has 0 aliphatic rings. The van der Waals surface area contributed by atoms with Crippen molar-refractivity contribution in [2.75, 3.05) is 13.1 Å². The highest BCUT2D eigenvalue weighted by molar-refractivity contribution is 6.30. The molecule has 0 saturated heterocycles. The average molecular weight is 428 g/mol. The SMILES string of the molecule is Cc1cc(C(=O)NCCNC(=O)Cc2ccc(F)cc2)c(C)n1-c1cccc(Cl)c1. The molecule has 0 atom stereocenters. The topological polar surface area (TPSA) is 63.1 Å². The number of benzene rings is 2. The van der Waals surface area contributed by atoms with Crippen LogP contribution >= 0.6 is 11.6 Å². The van der Waals surface area contributed by atoms with E-state index in [9.17, 15) is 14.0 Å². The third kappa shape index (κ3) is 5.27. The molecule has 5 nitrogen and oxygen atoms in total. The van der Waals surface area contributed by atoms with Gasteiger partial charge in [-0.3, -0.25) is 9.59 Å². The Labute approximate surface area is 179 Å². The number of hydrogen-bond acceptors (Lipinski definition) is 2. The van der Waals surface area contributed by atoms with Gasteiger partial charge in [0.25, 0.3) is 5.91 Å². The molecular weight excluding hydrogens is 405 g/mol. The number of aryl methyl sites for hydroxylation is 1. The van der Waals surface area contributed by atoms with Crippen LogP contribution in [0, 0.1) is 19.7 Å². The van der Waals surface area contributed by atoms with Crippen molar-refractivity contribution in [2.24, 2.45) is 0 Å². The molecule has 3 aromatic rings. The second kappa shape index (κ2) is 9.59. The number of rotatable bonds is 7. The first-order valence-electron chi connectivity index (χ1n) is 9.59. The quantitative estimate of drug-likeness (QED) is 0.560. The van der Waals surface area contributed by atoms with Gasteiger partial charge in [0.05, 0.1) is 12.0 Å². The molecule has 2 N–H and O–H groups in total. The lowest BCUT2D eigenvalue weighted by Gasteiger charge is -2.11. The van der Waals surface area contributed by atoms with E-state index < -0.39 is 0 Å². The van der Waals surface area contributed by atoms with Gasteiger partial charge in [0.2, 0.25) is 5.91 Å². The summed E-state index contributed by atoms with van der Waals surface area (Å²) in [4.78, 5) is 24.6. The fourth-order valence-electron chi connectivity index (χ4n) is 3.33. The molecule has 0 unspecified atom stereocenters. The van der Waals surface area contributed by atoms with E-state index in [2.05, 4.69) is 10.6 Å². The van der Waals surface area contributed by atoms with Crippen molar-refractivity contribution < 1.29 is 14.0 Å². The van der Waals surface area contributed by atoms with E-state index in [1.807, 2.05) is 42.7 Å². The third-order valence-corrected chi connectivity index (χ3v) is 4.99. The lowest BCUT2D eigenvalue weighted by Crippen LogP contribution is -2.35. The summed E-state index contributed by atoms with van der Waals surface area (Å²) in [7, 11) is 0. The summed E-state index contributed by atoms with van der Waals surface area (Å²) in [6.07, 6.45) is 0.162. The van der Waals surface area contributed by atoms with Crippen molar-refractivity contribution >= 4 is 23.4 Å². The minimum absolute atomic E-state index is 0.162. The molecule has 156 valence electrons. The predicted octanol–water partition coefficient (Wildman–Crippen LogP) is 3.98. The van der Waals surface area contributed by atoms with E-state index in [0.29, 0.717) is 23.7 Å². The summed E-state index contributed by atoms with van der Waals surface area (Å²) in [5.41, 5.74) is 3.93.